The molecule has 0 aromatic rings. The van der Waals surface area contributed by atoms with Crippen LogP contribution in [0, 0.1) is 0 Å². The van der Waals surface area contributed by atoms with Crippen molar-refractivity contribution in [3.05, 3.63) is 0 Å². The van der Waals surface area contributed by atoms with Crippen LogP contribution in [0.3, 0.4) is 0 Å². The average Bonchev–Trinajstić information content (AvgIpc) is 2.38. The average molecular weight is 375 g/mol. The molecule has 2 N–H and O–H groups in total. The molecule has 1 atom stereocenters. The van der Waals surface area contributed by atoms with Crippen LogP contribution in [0.25, 0.3) is 0 Å². The summed E-state index contributed by atoms with van der Waals surface area (Å²) in [7, 11) is -0.912. The van der Waals surface area contributed by atoms with Crippen LogP contribution in [0.4, 0.5) is 4.79 Å². The van der Waals surface area contributed by atoms with Gasteiger partial charge < -0.3 is 20.3 Å². The maximum absolute atomic E-state index is 12.1. The van der Waals surface area contributed by atoms with Gasteiger partial charge in [-0.25, -0.2) is 4.79 Å². The van der Waals surface area contributed by atoms with E-state index < -0.39 is 16.4 Å². The van der Waals surface area contributed by atoms with Gasteiger partial charge >= 0.3 is 6.09 Å². The minimum atomic E-state index is -0.912. The Morgan fingerprint density at radius 2 is 1.84 bits per heavy atom. The van der Waals surface area contributed by atoms with Gasteiger partial charge in [-0.3, -0.25) is 9.20 Å². The Labute approximate surface area is 154 Å². The van der Waals surface area contributed by atoms with Gasteiger partial charge in [0.1, 0.15) is 5.60 Å². The van der Waals surface area contributed by atoms with Gasteiger partial charge in [0.2, 0.25) is 0 Å². The van der Waals surface area contributed by atoms with E-state index in [1.165, 1.54) is 0 Å². The molecule has 0 bridgehead atoms. The second-order valence-corrected chi connectivity index (χ2v) is 10.5. The summed E-state index contributed by atoms with van der Waals surface area (Å²) < 4.78 is 17.2. The first-order valence-corrected chi connectivity index (χ1v) is 10.2. The van der Waals surface area contributed by atoms with Crippen molar-refractivity contribution in [1.82, 2.24) is 15.5 Å². The third-order valence-corrected chi connectivity index (χ3v) is 5.37. The van der Waals surface area contributed by atoms with E-state index in [4.69, 9.17) is 4.74 Å². The Morgan fingerprint density at radius 1 is 1.24 bits per heavy atom. The van der Waals surface area contributed by atoms with E-state index in [2.05, 4.69) is 15.6 Å². The van der Waals surface area contributed by atoms with Crippen LogP contribution in [0.1, 0.15) is 48.5 Å². The molecule has 1 amide bonds. The van der Waals surface area contributed by atoms with E-state index in [9.17, 15) is 9.00 Å². The fourth-order valence-electron chi connectivity index (χ4n) is 2.11. The zero-order valence-electron chi connectivity index (χ0n) is 16.6. The molecule has 1 fully saturated rings. The largest absolute Gasteiger partial charge is 0.444 e. The number of aliphatic imine (C=N–C) groups is 1. The highest BCUT2D eigenvalue weighted by Crippen LogP contribution is 2.15. The minimum absolute atomic E-state index is 0.151. The lowest BCUT2D eigenvalue weighted by atomic mass is 10.1. The molecule has 0 aliphatic carbocycles. The molecule has 25 heavy (non-hydrogen) atoms. The number of carbonyl (C=O) groups is 1. The van der Waals surface area contributed by atoms with E-state index in [0.29, 0.717) is 31.3 Å². The number of guanidine groups is 1. The lowest BCUT2D eigenvalue weighted by Gasteiger charge is -2.40. The number of hydrogen-bond donors (Lipinski definition) is 2. The summed E-state index contributed by atoms with van der Waals surface area (Å²) in [4.78, 5) is 18.1. The summed E-state index contributed by atoms with van der Waals surface area (Å²) in [6.45, 7) is 15.9. The van der Waals surface area contributed by atoms with Crippen LogP contribution in [-0.2, 0) is 15.5 Å². The number of nitrogens with one attached hydrogen (secondary N) is 2. The van der Waals surface area contributed by atoms with Crippen LogP contribution in [-0.4, -0.2) is 69.5 Å². The fourth-order valence-corrected chi connectivity index (χ4v) is 2.97. The number of likely N-dealkylation sites (tertiary alicyclic amines) is 1. The summed E-state index contributed by atoms with van der Waals surface area (Å²) >= 11 is 0. The van der Waals surface area contributed by atoms with Crippen molar-refractivity contribution in [3.8, 4) is 0 Å². The molecule has 0 aromatic heterocycles. The van der Waals surface area contributed by atoms with E-state index in [-0.39, 0.29) is 16.9 Å². The van der Waals surface area contributed by atoms with E-state index >= 15 is 0 Å². The zero-order valence-corrected chi connectivity index (χ0v) is 17.5. The molecule has 0 spiro atoms. The molecule has 1 aliphatic rings. The molecule has 0 aromatic carbocycles. The van der Waals surface area contributed by atoms with Gasteiger partial charge in [-0.15, -0.1) is 0 Å². The van der Waals surface area contributed by atoms with Crippen molar-refractivity contribution >= 4 is 22.9 Å². The summed E-state index contributed by atoms with van der Waals surface area (Å²) in [5, 5.41) is 6.49. The first kappa shape index (κ1) is 21.7. The van der Waals surface area contributed by atoms with E-state index in [1.807, 2.05) is 48.5 Å². The van der Waals surface area contributed by atoms with Gasteiger partial charge in [0.25, 0.3) is 0 Å². The van der Waals surface area contributed by atoms with Crippen molar-refractivity contribution in [1.29, 1.82) is 0 Å². The van der Waals surface area contributed by atoms with E-state index in [0.717, 1.165) is 6.54 Å². The molecule has 1 heterocycles. The van der Waals surface area contributed by atoms with Gasteiger partial charge in [0, 0.05) is 40.9 Å². The maximum atomic E-state index is 12.1. The van der Waals surface area contributed by atoms with Crippen molar-refractivity contribution < 1.29 is 13.7 Å². The Kier molecular flexibility index (Phi) is 7.71. The Balaban J connectivity index is 2.43. The highest BCUT2D eigenvalue weighted by Gasteiger charge is 2.34. The number of carbonyl (C=O) groups excluding carboxylic acids is 1. The molecule has 1 saturated heterocycles. The minimum Gasteiger partial charge on any atom is -0.444 e. The topological polar surface area (TPSA) is 83.0 Å². The molecular formula is C17H34N4O3S. The second kappa shape index (κ2) is 8.87. The van der Waals surface area contributed by atoms with Gasteiger partial charge in [-0.2, -0.15) is 0 Å². The molecule has 1 rings (SSSR count). The van der Waals surface area contributed by atoms with Gasteiger partial charge in [0.05, 0.1) is 12.6 Å². The van der Waals surface area contributed by atoms with Crippen LogP contribution in [0.15, 0.2) is 4.99 Å². The highest BCUT2D eigenvalue weighted by atomic mass is 32.2. The number of hydrogen-bond acceptors (Lipinski definition) is 4. The maximum Gasteiger partial charge on any atom is 0.410 e. The normalized spacial score (nSPS) is 17.7. The lowest BCUT2D eigenvalue weighted by Crippen LogP contribution is -2.63. The predicted molar refractivity (Wildman–Crippen MR) is 103 cm³/mol. The van der Waals surface area contributed by atoms with Crippen LogP contribution in [0.5, 0.6) is 0 Å². The molecule has 0 saturated carbocycles. The fraction of sp³-hybridized carbons (Fsp3) is 0.882. The molecule has 8 heteroatoms. The summed E-state index contributed by atoms with van der Waals surface area (Å²) in [6, 6.07) is 0.151. The molecule has 146 valence electrons. The van der Waals surface area contributed by atoms with Crippen molar-refractivity contribution in [2.75, 3.05) is 31.9 Å². The number of rotatable bonds is 5. The third kappa shape index (κ3) is 8.07. The molecule has 7 nitrogen and oxygen atoms in total. The molecule has 1 aliphatic heterocycles. The standard InChI is InChI=1S/C17H34N4O3S/c1-8-18-14(19-9-10-25(23)17(5,6)7)20-13-11-21(12-13)15(22)24-16(2,3)4/h13H,8-12H2,1-7H3,(H2,18,19,20). The van der Waals surface area contributed by atoms with E-state index in [1.54, 1.807) is 4.90 Å². The lowest BCUT2D eigenvalue weighted by molar-refractivity contribution is 0.00701. The van der Waals surface area contributed by atoms with Gasteiger partial charge in [-0.05, 0) is 48.5 Å². The summed E-state index contributed by atoms with van der Waals surface area (Å²) in [5.41, 5.74) is -0.477. The van der Waals surface area contributed by atoms with Crippen LogP contribution < -0.4 is 10.6 Å². The molecular weight excluding hydrogens is 340 g/mol. The smallest absolute Gasteiger partial charge is 0.410 e. The summed E-state index contributed by atoms with van der Waals surface area (Å²) in [6.07, 6.45) is -0.284. The highest BCUT2D eigenvalue weighted by molar-refractivity contribution is 7.86. The monoisotopic (exact) mass is 374 g/mol. The first-order valence-electron chi connectivity index (χ1n) is 8.83. The second-order valence-electron chi connectivity index (χ2n) is 8.15. The number of nitrogens with zero attached hydrogens (tertiary/aromatic N) is 2. The van der Waals surface area contributed by atoms with Gasteiger partial charge in [-0.1, -0.05) is 0 Å². The summed E-state index contributed by atoms with van der Waals surface area (Å²) in [5.74, 6) is 1.23. The molecule has 0 radical (unpaired) electrons. The quantitative estimate of drug-likeness (QED) is 0.565. The van der Waals surface area contributed by atoms with Gasteiger partial charge in [0.15, 0.2) is 5.96 Å². The van der Waals surface area contributed by atoms with Crippen molar-refractivity contribution in [2.24, 2.45) is 4.99 Å². The Hall–Kier alpha value is -1.31. The number of amides is 1. The van der Waals surface area contributed by atoms with Crippen LogP contribution >= 0.6 is 0 Å². The number of ether oxygens (including phenoxy) is 1. The van der Waals surface area contributed by atoms with Crippen molar-refractivity contribution in [3.63, 3.8) is 0 Å². The molecule has 1 unspecified atom stereocenters. The first-order chi connectivity index (χ1) is 11.4. The Morgan fingerprint density at radius 3 is 2.32 bits per heavy atom. The zero-order chi connectivity index (χ0) is 19.3. The Bertz CT molecular complexity index is 503. The SMILES string of the molecule is CCNC(=NCCS(=O)C(C)(C)C)NC1CN(C(=O)OC(C)(C)C)C1. The van der Waals surface area contributed by atoms with Crippen molar-refractivity contribution in [2.45, 2.75) is 64.9 Å². The predicted octanol–water partition coefficient (Wildman–Crippen LogP) is 1.71. The third-order valence-electron chi connectivity index (χ3n) is 3.45. The van der Waals surface area contributed by atoms with Crippen LogP contribution in [0.2, 0.25) is 0 Å².